The Bertz CT molecular complexity index is 1020. The maximum absolute atomic E-state index is 11.9. The summed E-state index contributed by atoms with van der Waals surface area (Å²) >= 11 is 3.48. The second kappa shape index (κ2) is 10.6. The van der Waals surface area contributed by atoms with E-state index in [2.05, 4.69) is 42.0 Å². The quantitative estimate of drug-likeness (QED) is 0.346. The van der Waals surface area contributed by atoms with Gasteiger partial charge in [-0.2, -0.15) is 9.61 Å². The molecular formula is C21H28BrN7O2. The number of halogens is 1. The fourth-order valence-electron chi connectivity index (χ4n) is 3.01. The SMILES string of the molecule is C[C@@H](CO)Nc1cc(NCCc2ccc(NC(=O)CN(C)C)cc2)n2ncc(Br)c2n1. The topological polar surface area (TPSA) is 107 Å². The first-order valence-electron chi connectivity index (χ1n) is 10.0. The number of hydrogen-bond acceptors (Lipinski definition) is 7. The molecule has 9 nitrogen and oxygen atoms in total. The molecule has 0 aliphatic heterocycles. The van der Waals surface area contributed by atoms with Gasteiger partial charge in [0.25, 0.3) is 0 Å². The molecule has 0 bridgehead atoms. The minimum atomic E-state index is -0.110. The van der Waals surface area contributed by atoms with E-state index in [1.165, 1.54) is 0 Å². The third-order valence-electron chi connectivity index (χ3n) is 4.51. The summed E-state index contributed by atoms with van der Waals surface area (Å²) in [6, 6.07) is 9.61. The van der Waals surface area contributed by atoms with Crippen molar-refractivity contribution in [1.82, 2.24) is 19.5 Å². The van der Waals surface area contributed by atoms with Crippen LogP contribution < -0.4 is 16.0 Å². The summed E-state index contributed by atoms with van der Waals surface area (Å²) in [4.78, 5) is 18.2. The zero-order chi connectivity index (χ0) is 22.4. The van der Waals surface area contributed by atoms with E-state index in [0.717, 1.165) is 28.0 Å². The number of rotatable bonds is 10. The van der Waals surface area contributed by atoms with Crippen molar-refractivity contribution in [2.45, 2.75) is 19.4 Å². The molecule has 1 atom stereocenters. The molecule has 3 rings (SSSR count). The molecule has 0 radical (unpaired) electrons. The van der Waals surface area contributed by atoms with E-state index < -0.39 is 0 Å². The van der Waals surface area contributed by atoms with Gasteiger partial charge in [-0.1, -0.05) is 12.1 Å². The molecule has 0 saturated heterocycles. The van der Waals surface area contributed by atoms with Crippen molar-refractivity contribution >= 4 is 44.8 Å². The summed E-state index contributed by atoms with van der Waals surface area (Å²) in [5, 5.41) is 23.2. The molecule has 31 heavy (non-hydrogen) atoms. The molecule has 1 amide bonds. The Morgan fingerprint density at radius 1 is 1.29 bits per heavy atom. The van der Waals surface area contributed by atoms with Crippen LogP contribution >= 0.6 is 15.9 Å². The van der Waals surface area contributed by atoms with E-state index in [1.54, 1.807) is 10.7 Å². The minimum Gasteiger partial charge on any atom is -0.394 e. The lowest BCUT2D eigenvalue weighted by atomic mass is 10.1. The zero-order valence-electron chi connectivity index (χ0n) is 17.9. The molecule has 0 spiro atoms. The Morgan fingerprint density at radius 3 is 2.71 bits per heavy atom. The van der Waals surface area contributed by atoms with Crippen molar-refractivity contribution in [3.63, 3.8) is 0 Å². The standard InChI is InChI=1S/C21H28BrN7O2/c1-14(13-30)25-18-10-19(29-21(27-18)17(22)11-24-29)23-9-8-15-4-6-16(7-5-15)26-20(31)12-28(2)3/h4-7,10-11,14,23,30H,8-9,12-13H2,1-3H3,(H,25,27)(H,26,31)/t14-/m0/s1. The Hall–Kier alpha value is -2.69. The predicted molar refractivity (Wildman–Crippen MR) is 127 cm³/mol. The van der Waals surface area contributed by atoms with Crippen LogP contribution in [0.2, 0.25) is 0 Å². The van der Waals surface area contributed by atoms with Crippen LogP contribution in [0.5, 0.6) is 0 Å². The van der Waals surface area contributed by atoms with Crippen molar-refractivity contribution in [1.29, 1.82) is 0 Å². The van der Waals surface area contributed by atoms with Gasteiger partial charge in [-0.25, -0.2) is 4.98 Å². The molecule has 0 unspecified atom stereocenters. The van der Waals surface area contributed by atoms with Gasteiger partial charge < -0.3 is 26.0 Å². The first kappa shape index (κ1) is 23.0. The van der Waals surface area contributed by atoms with E-state index in [4.69, 9.17) is 0 Å². The molecule has 0 aliphatic rings. The first-order chi connectivity index (χ1) is 14.9. The van der Waals surface area contributed by atoms with E-state index >= 15 is 0 Å². The smallest absolute Gasteiger partial charge is 0.238 e. The monoisotopic (exact) mass is 489 g/mol. The Labute approximate surface area is 190 Å². The highest BCUT2D eigenvalue weighted by Crippen LogP contribution is 2.23. The lowest BCUT2D eigenvalue weighted by Gasteiger charge is -2.15. The molecular weight excluding hydrogens is 462 g/mol. The van der Waals surface area contributed by atoms with Crippen molar-refractivity contribution in [3.05, 3.63) is 46.6 Å². The molecule has 2 heterocycles. The van der Waals surface area contributed by atoms with Crippen LogP contribution in [-0.2, 0) is 11.2 Å². The zero-order valence-corrected chi connectivity index (χ0v) is 19.5. The fraction of sp³-hybridized carbons (Fsp3) is 0.381. The summed E-state index contributed by atoms with van der Waals surface area (Å²) in [5.41, 5.74) is 2.63. The van der Waals surface area contributed by atoms with Crippen molar-refractivity contribution in [3.8, 4) is 0 Å². The van der Waals surface area contributed by atoms with E-state index in [1.807, 2.05) is 56.3 Å². The number of hydrogen-bond donors (Lipinski definition) is 4. The highest BCUT2D eigenvalue weighted by Gasteiger charge is 2.11. The van der Waals surface area contributed by atoms with Gasteiger partial charge in [0, 0.05) is 24.3 Å². The lowest BCUT2D eigenvalue weighted by molar-refractivity contribution is -0.116. The summed E-state index contributed by atoms with van der Waals surface area (Å²) < 4.78 is 2.53. The predicted octanol–water partition coefficient (Wildman–Crippen LogP) is 2.44. The van der Waals surface area contributed by atoms with Crippen molar-refractivity contribution < 1.29 is 9.90 Å². The number of amides is 1. The van der Waals surface area contributed by atoms with E-state index in [9.17, 15) is 9.90 Å². The highest BCUT2D eigenvalue weighted by molar-refractivity contribution is 9.10. The van der Waals surface area contributed by atoms with Crippen LogP contribution in [0.15, 0.2) is 41.0 Å². The Kier molecular flexibility index (Phi) is 7.83. The molecule has 0 aliphatic carbocycles. The normalized spacial score (nSPS) is 12.2. The maximum Gasteiger partial charge on any atom is 0.238 e. The number of carbonyl (C=O) groups is 1. The van der Waals surface area contributed by atoms with Gasteiger partial charge in [0.05, 0.1) is 23.8 Å². The van der Waals surface area contributed by atoms with E-state index in [0.29, 0.717) is 24.6 Å². The molecule has 10 heteroatoms. The second-order valence-electron chi connectivity index (χ2n) is 7.64. The van der Waals surface area contributed by atoms with Crippen LogP contribution in [0, 0.1) is 0 Å². The molecule has 4 N–H and O–H groups in total. The van der Waals surface area contributed by atoms with E-state index in [-0.39, 0.29) is 18.6 Å². The van der Waals surface area contributed by atoms with Gasteiger partial charge in [-0.05, 0) is 61.1 Å². The third-order valence-corrected chi connectivity index (χ3v) is 5.07. The second-order valence-corrected chi connectivity index (χ2v) is 8.50. The van der Waals surface area contributed by atoms with Gasteiger partial charge in [-0.3, -0.25) is 4.79 Å². The number of aliphatic hydroxyl groups is 1. The molecule has 3 aromatic rings. The number of nitrogens with one attached hydrogen (secondary N) is 3. The number of benzene rings is 1. The molecule has 1 aromatic carbocycles. The third kappa shape index (κ3) is 6.39. The van der Waals surface area contributed by atoms with Crippen molar-refractivity contribution in [2.24, 2.45) is 0 Å². The van der Waals surface area contributed by atoms with Crippen LogP contribution in [0.4, 0.5) is 17.3 Å². The average Bonchev–Trinajstić information content (AvgIpc) is 3.09. The molecule has 166 valence electrons. The van der Waals surface area contributed by atoms with Gasteiger partial charge in [0.1, 0.15) is 11.6 Å². The Balaban J connectivity index is 1.63. The highest BCUT2D eigenvalue weighted by atomic mass is 79.9. The summed E-state index contributed by atoms with van der Waals surface area (Å²) in [6.07, 6.45) is 2.50. The largest absolute Gasteiger partial charge is 0.394 e. The number of fused-ring (bicyclic) bond motifs is 1. The average molecular weight is 490 g/mol. The number of carbonyl (C=O) groups excluding carboxylic acids is 1. The van der Waals surface area contributed by atoms with Crippen LogP contribution in [0.3, 0.4) is 0 Å². The minimum absolute atomic E-state index is 0.0155. The van der Waals surface area contributed by atoms with Gasteiger partial charge in [0.15, 0.2) is 5.65 Å². The van der Waals surface area contributed by atoms with Crippen molar-refractivity contribution in [2.75, 3.05) is 49.7 Å². The summed E-state index contributed by atoms with van der Waals surface area (Å²) in [7, 11) is 3.72. The Morgan fingerprint density at radius 2 is 2.03 bits per heavy atom. The lowest BCUT2D eigenvalue weighted by Crippen LogP contribution is -2.27. The summed E-state index contributed by atoms with van der Waals surface area (Å²) in [5.74, 6) is 1.43. The number of nitrogens with zero attached hydrogens (tertiary/aromatic N) is 4. The molecule has 0 fully saturated rings. The van der Waals surface area contributed by atoms with Crippen LogP contribution in [-0.4, -0.2) is 70.3 Å². The molecule has 0 saturated carbocycles. The molecule has 2 aromatic heterocycles. The van der Waals surface area contributed by atoms with Gasteiger partial charge in [-0.15, -0.1) is 0 Å². The number of aliphatic hydroxyl groups excluding tert-OH is 1. The number of aromatic nitrogens is 3. The van der Waals surface area contributed by atoms with Crippen LogP contribution in [0.25, 0.3) is 5.65 Å². The van der Waals surface area contributed by atoms with Crippen LogP contribution in [0.1, 0.15) is 12.5 Å². The summed E-state index contributed by atoms with van der Waals surface area (Å²) in [6.45, 7) is 2.94. The van der Waals surface area contributed by atoms with Gasteiger partial charge >= 0.3 is 0 Å². The maximum atomic E-state index is 11.9. The van der Waals surface area contributed by atoms with Gasteiger partial charge in [0.2, 0.25) is 5.91 Å². The first-order valence-corrected chi connectivity index (χ1v) is 10.8. The number of anilines is 3. The number of likely N-dealkylation sites (N-methyl/N-ethyl adjacent to an activating group) is 1. The fourth-order valence-corrected chi connectivity index (χ4v) is 3.36.